The first-order chi connectivity index (χ1) is 8.47. The van der Waals surface area contributed by atoms with Crippen LogP contribution in [-0.2, 0) is 6.42 Å². The Morgan fingerprint density at radius 3 is 2.67 bits per heavy atom. The summed E-state index contributed by atoms with van der Waals surface area (Å²) in [5.74, 6) is 0.104. The van der Waals surface area contributed by atoms with Crippen LogP contribution in [0.5, 0.6) is 0 Å². The molecule has 96 valence electrons. The van der Waals surface area contributed by atoms with Crippen molar-refractivity contribution in [3.8, 4) is 0 Å². The molecule has 2 rings (SSSR count). The molecule has 0 aliphatic heterocycles. The van der Waals surface area contributed by atoms with Crippen molar-refractivity contribution < 1.29 is 4.79 Å². The lowest BCUT2D eigenvalue weighted by Gasteiger charge is -2.03. The summed E-state index contributed by atoms with van der Waals surface area (Å²) < 4.78 is 1.87. The Hall–Kier alpha value is -1.49. The van der Waals surface area contributed by atoms with Crippen molar-refractivity contribution in [1.82, 2.24) is 14.8 Å². The van der Waals surface area contributed by atoms with Crippen molar-refractivity contribution in [2.24, 2.45) is 0 Å². The highest BCUT2D eigenvalue weighted by Gasteiger charge is 2.15. The average molecular weight is 263 g/mol. The zero-order valence-corrected chi connectivity index (χ0v) is 11.9. The number of Topliss-reactive ketones (excluding diaryl/α,β-unsaturated/α-hetero) is 1. The van der Waals surface area contributed by atoms with Crippen LogP contribution in [0.2, 0.25) is 0 Å². The molecule has 0 saturated heterocycles. The Balaban J connectivity index is 2.13. The lowest BCUT2D eigenvalue weighted by atomic mass is 10.2. The van der Waals surface area contributed by atoms with Gasteiger partial charge < -0.3 is 0 Å². The minimum Gasteiger partial charge on any atom is -0.293 e. The van der Waals surface area contributed by atoms with E-state index in [1.54, 1.807) is 0 Å². The van der Waals surface area contributed by atoms with Crippen LogP contribution >= 0.6 is 11.3 Å². The van der Waals surface area contributed by atoms with Gasteiger partial charge in [-0.05, 0) is 33.8 Å². The Bertz CT molecular complexity index is 569. The summed E-state index contributed by atoms with van der Waals surface area (Å²) in [5.41, 5.74) is 1.64. The average Bonchev–Trinajstić information content (AvgIpc) is 2.85. The van der Waals surface area contributed by atoms with Gasteiger partial charge in [0.25, 0.3) is 0 Å². The molecule has 0 aliphatic carbocycles. The monoisotopic (exact) mass is 263 g/mol. The summed E-state index contributed by atoms with van der Waals surface area (Å²) in [6.45, 7) is 7.93. The van der Waals surface area contributed by atoms with Gasteiger partial charge in [-0.25, -0.2) is 4.98 Å². The number of carbonyl (C=O) groups is 1. The first kappa shape index (κ1) is 13.0. The number of rotatable bonds is 4. The minimum absolute atomic E-state index is 0.104. The van der Waals surface area contributed by atoms with E-state index in [0.717, 1.165) is 21.3 Å². The molecule has 4 nitrogen and oxygen atoms in total. The summed E-state index contributed by atoms with van der Waals surface area (Å²) in [6.07, 6.45) is 2.26. The van der Waals surface area contributed by atoms with Crippen LogP contribution in [0.3, 0.4) is 0 Å². The molecule has 5 heteroatoms. The van der Waals surface area contributed by atoms with E-state index in [-0.39, 0.29) is 5.78 Å². The zero-order chi connectivity index (χ0) is 13.3. The minimum atomic E-state index is 0.104. The molecule has 0 saturated carbocycles. The SMILES string of the molecule is Cc1nc(C)c(C(=O)Cc2ccn(C(C)C)n2)s1. The molecule has 0 bridgehead atoms. The van der Waals surface area contributed by atoms with Crippen LogP contribution in [0.4, 0.5) is 0 Å². The Morgan fingerprint density at radius 2 is 2.17 bits per heavy atom. The van der Waals surface area contributed by atoms with E-state index in [0.29, 0.717) is 12.5 Å². The number of hydrogen-bond acceptors (Lipinski definition) is 4. The van der Waals surface area contributed by atoms with E-state index < -0.39 is 0 Å². The van der Waals surface area contributed by atoms with E-state index in [4.69, 9.17) is 0 Å². The second-order valence-electron chi connectivity index (χ2n) is 4.63. The maximum absolute atomic E-state index is 12.1. The van der Waals surface area contributed by atoms with Gasteiger partial charge in [-0.1, -0.05) is 0 Å². The molecule has 0 atom stereocenters. The van der Waals surface area contributed by atoms with E-state index in [1.807, 2.05) is 30.8 Å². The molecule has 0 spiro atoms. The second kappa shape index (κ2) is 5.02. The standard InChI is InChI=1S/C13H17N3OS/c1-8(2)16-6-5-11(15-16)7-12(17)13-9(3)14-10(4)18-13/h5-6,8H,7H2,1-4H3. The molecule has 2 aromatic heterocycles. The van der Waals surface area contributed by atoms with E-state index in [2.05, 4.69) is 23.9 Å². The summed E-state index contributed by atoms with van der Waals surface area (Å²) in [7, 11) is 0. The lowest BCUT2D eigenvalue weighted by molar-refractivity contribution is 0.0995. The normalized spacial score (nSPS) is 11.2. The van der Waals surface area contributed by atoms with Gasteiger partial charge in [0.2, 0.25) is 0 Å². The van der Waals surface area contributed by atoms with Gasteiger partial charge in [0.15, 0.2) is 5.78 Å². The lowest BCUT2D eigenvalue weighted by Crippen LogP contribution is -2.06. The van der Waals surface area contributed by atoms with Crippen LogP contribution in [0.25, 0.3) is 0 Å². The van der Waals surface area contributed by atoms with E-state index in [1.165, 1.54) is 11.3 Å². The number of hydrogen-bond donors (Lipinski definition) is 0. The Kier molecular flexibility index (Phi) is 3.61. The first-order valence-corrected chi connectivity index (χ1v) is 6.80. The summed E-state index contributed by atoms with van der Waals surface area (Å²) >= 11 is 1.46. The molecule has 18 heavy (non-hydrogen) atoms. The summed E-state index contributed by atoms with van der Waals surface area (Å²) in [4.78, 5) is 17.2. The highest BCUT2D eigenvalue weighted by Crippen LogP contribution is 2.19. The maximum Gasteiger partial charge on any atom is 0.180 e. The number of aryl methyl sites for hydroxylation is 2. The highest BCUT2D eigenvalue weighted by atomic mass is 32.1. The van der Waals surface area contributed by atoms with Gasteiger partial charge in [-0.2, -0.15) is 5.10 Å². The van der Waals surface area contributed by atoms with Crippen LogP contribution in [0, 0.1) is 13.8 Å². The van der Waals surface area contributed by atoms with Crippen molar-refractivity contribution in [3.63, 3.8) is 0 Å². The van der Waals surface area contributed by atoms with Crippen molar-refractivity contribution in [2.75, 3.05) is 0 Å². The molecule has 0 aromatic carbocycles. The Labute approximate surface area is 111 Å². The number of nitrogens with zero attached hydrogens (tertiary/aromatic N) is 3. The third-order valence-corrected chi connectivity index (χ3v) is 3.81. The second-order valence-corrected chi connectivity index (χ2v) is 5.83. The van der Waals surface area contributed by atoms with Crippen LogP contribution in [-0.4, -0.2) is 20.5 Å². The first-order valence-electron chi connectivity index (χ1n) is 5.98. The third kappa shape index (κ3) is 2.67. The molecular weight excluding hydrogens is 246 g/mol. The number of aromatic nitrogens is 3. The predicted molar refractivity (Wildman–Crippen MR) is 72.2 cm³/mol. The summed E-state index contributed by atoms with van der Waals surface area (Å²) in [5, 5.41) is 5.33. The van der Waals surface area contributed by atoms with Crippen LogP contribution in [0.1, 0.15) is 46.0 Å². The molecule has 0 unspecified atom stereocenters. The van der Waals surface area contributed by atoms with Gasteiger partial charge >= 0.3 is 0 Å². The fourth-order valence-corrected chi connectivity index (χ4v) is 2.65. The van der Waals surface area contributed by atoms with Gasteiger partial charge in [0.1, 0.15) is 0 Å². The number of thiazole rings is 1. The van der Waals surface area contributed by atoms with Gasteiger partial charge in [-0.15, -0.1) is 11.3 Å². The van der Waals surface area contributed by atoms with Crippen molar-refractivity contribution in [1.29, 1.82) is 0 Å². The van der Waals surface area contributed by atoms with Crippen LogP contribution < -0.4 is 0 Å². The van der Waals surface area contributed by atoms with Gasteiger partial charge in [-0.3, -0.25) is 9.48 Å². The van der Waals surface area contributed by atoms with Gasteiger partial charge in [0, 0.05) is 12.2 Å². The molecule has 2 heterocycles. The molecule has 0 amide bonds. The Morgan fingerprint density at radius 1 is 1.44 bits per heavy atom. The molecule has 0 fully saturated rings. The van der Waals surface area contributed by atoms with Crippen molar-refractivity contribution >= 4 is 17.1 Å². The van der Waals surface area contributed by atoms with Gasteiger partial charge in [0.05, 0.1) is 27.7 Å². The van der Waals surface area contributed by atoms with Crippen molar-refractivity contribution in [2.45, 2.75) is 40.2 Å². The molecular formula is C13H17N3OS. The van der Waals surface area contributed by atoms with Crippen molar-refractivity contribution in [3.05, 3.63) is 33.5 Å². The fraction of sp³-hybridized carbons (Fsp3) is 0.462. The quantitative estimate of drug-likeness (QED) is 0.797. The zero-order valence-electron chi connectivity index (χ0n) is 11.1. The fourth-order valence-electron chi connectivity index (χ4n) is 1.79. The molecule has 0 N–H and O–H groups in total. The maximum atomic E-state index is 12.1. The van der Waals surface area contributed by atoms with E-state index >= 15 is 0 Å². The topological polar surface area (TPSA) is 47.8 Å². The third-order valence-electron chi connectivity index (χ3n) is 2.69. The van der Waals surface area contributed by atoms with Crippen LogP contribution in [0.15, 0.2) is 12.3 Å². The molecule has 0 aliphatic rings. The molecule has 0 radical (unpaired) electrons. The largest absolute Gasteiger partial charge is 0.293 e. The summed E-state index contributed by atoms with van der Waals surface area (Å²) in [6, 6.07) is 2.22. The smallest absolute Gasteiger partial charge is 0.180 e. The molecule has 2 aromatic rings. The predicted octanol–water partition coefficient (Wildman–Crippen LogP) is 2.96. The highest BCUT2D eigenvalue weighted by molar-refractivity contribution is 7.13. The number of carbonyl (C=O) groups excluding carboxylic acids is 1. The number of ketones is 1. The van der Waals surface area contributed by atoms with E-state index in [9.17, 15) is 4.79 Å².